The molecule has 0 atom stereocenters. The van der Waals surface area contributed by atoms with Crippen molar-refractivity contribution in [3.05, 3.63) is 11.1 Å². The molecule has 0 bridgehead atoms. The monoisotopic (exact) mass is 175 g/mol. The fraction of sp³-hybridized carbons (Fsp3) is 0.571. The molecular formula is C7H13NO4. The van der Waals surface area contributed by atoms with E-state index in [-0.39, 0.29) is 24.4 Å². The minimum absolute atomic E-state index is 0.231. The number of amides is 1. The summed E-state index contributed by atoms with van der Waals surface area (Å²) in [5, 5.41) is 27.8. The molecule has 0 rings (SSSR count). The molecule has 0 fully saturated rings. The van der Waals surface area contributed by atoms with E-state index < -0.39 is 12.6 Å². The third kappa shape index (κ3) is 3.00. The number of aliphatic hydroxyl groups excluding tert-OH is 3. The zero-order valence-electron chi connectivity index (χ0n) is 6.87. The van der Waals surface area contributed by atoms with Crippen LogP contribution in [0.3, 0.4) is 0 Å². The molecule has 0 aromatic rings. The quantitative estimate of drug-likeness (QED) is 0.304. The molecule has 0 aromatic heterocycles. The highest BCUT2D eigenvalue weighted by Gasteiger charge is 2.07. The first-order valence-electron chi connectivity index (χ1n) is 3.46. The van der Waals surface area contributed by atoms with E-state index in [1.165, 1.54) is 6.92 Å². The number of hydrogen-bond acceptors (Lipinski definition) is 4. The summed E-state index contributed by atoms with van der Waals surface area (Å²) >= 11 is 0. The maximum absolute atomic E-state index is 11.0. The normalized spacial score (nSPS) is 9.33. The third-order valence-corrected chi connectivity index (χ3v) is 1.49. The number of hydrogen-bond donors (Lipinski definition) is 4. The molecule has 0 aliphatic rings. The molecule has 5 heteroatoms. The lowest BCUT2D eigenvalue weighted by molar-refractivity contribution is -0.118. The SMILES string of the molecule is CC(C(=O)NCO)=C(CO)CO. The fourth-order valence-corrected chi connectivity index (χ4v) is 0.652. The van der Waals surface area contributed by atoms with Crippen LogP contribution in [-0.4, -0.2) is 41.2 Å². The van der Waals surface area contributed by atoms with Gasteiger partial charge >= 0.3 is 0 Å². The van der Waals surface area contributed by atoms with E-state index in [0.29, 0.717) is 0 Å². The zero-order chi connectivity index (χ0) is 9.56. The Morgan fingerprint density at radius 3 is 2.08 bits per heavy atom. The Morgan fingerprint density at radius 1 is 1.25 bits per heavy atom. The summed E-state index contributed by atoms with van der Waals surface area (Å²) in [6.45, 7) is 0.287. The van der Waals surface area contributed by atoms with Crippen LogP contribution in [0.4, 0.5) is 0 Å². The molecule has 4 N–H and O–H groups in total. The van der Waals surface area contributed by atoms with Crippen LogP contribution in [0.25, 0.3) is 0 Å². The molecule has 5 nitrogen and oxygen atoms in total. The molecule has 0 aliphatic heterocycles. The van der Waals surface area contributed by atoms with Crippen molar-refractivity contribution in [1.82, 2.24) is 5.32 Å². The van der Waals surface area contributed by atoms with E-state index in [1.807, 2.05) is 0 Å². The predicted molar refractivity (Wildman–Crippen MR) is 42.1 cm³/mol. The summed E-state index contributed by atoms with van der Waals surface area (Å²) in [5.74, 6) is -0.490. The molecule has 70 valence electrons. The Hall–Kier alpha value is -0.910. The van der Waals surface area contributed by atoms with E-state index in [2.05, 4.69) is 5.32 Å². The van der Waals surface area contributed by atoms with Crippen LogP contribution in [0, 0.1) is 0 Å². The standard InChI is InChI=1S/C7H13NO4/c1-5(6(2-9)3-10)7(12)8-4-11/h9-11H,2-4H2,1H3,(H,8,12). The van der Waals surface area contributed by atoms with Gasteiger partial charge in [-0.2, -0.15) is 0 Å². The molecular weight excluding hydrogens is 162 g/mol. The molecule has 0 aliphatic carbocycles. The second-order valence-electron chi connectivity index (χ2n) is 2.21. The lowest BCUT2D eigenvalue weighted by Gasteiger charge is -2.06. The summed E-state index contributed by atoms with van der Waals surface area (Å²) in [7, 11) is 0. The Balaban J connectivity index is 4.39. The van der Waals surface area contributed by atoms with Crippen LogP contribution in [-0.2, 0) is 4.79 Å². The van der Waals surface area contributed by atoms with Crippen molar-refractivity contribution >= 4 is 5.91 Å². The second-order valence-corrected chi connectivity index (χ2v) is 2.21. The van der Waals surface area contributed by atoms with E-state index in [1.54, 1.807) is 0 Å². The van der Waals surface area contributed by atoms with Gasteiger partial charge in [0.1, 0.15) is 6.73 Å². The van der Waals surface area contributed by atoms with Crippen LogP contribution in [0.2, 0.25) is 0 Å². The predicted octanol–water partition coefficient (Wildman–Crippen LogP) is -1.65. The highest BCUT2D eigenvalue weighted by molar-refractivity contribution is 5.93. The van der Waals surface area contributed by atoms with Gasteiger partial charge < -0.3 is 20.6 Å². The maximum Gasteiger partial charge on any atom is 0.248 e. The highest BCUT2D eigenvalue weighted by atomic mass is 16.3. The van der Waals surface area contributed by atoms with E-state index in [9.17, 15) is 4.79 Å². The lowest BCUT2D eigenvalue weighted by atomic mass is 10.1. The molecule has 0 radical (unpaired) electrons. The number of nitrogens with one attached hydrogen (secondary N) is 1. The number of aliphatic hydroxyl groups is 3. The van der Waals surface area contributed by atoms with Crippen molar-refractivity contribution in [2.75, 3.05) is 19.9 Å². The van der Waals surface area contributed by atoms with E-state index >= 15 is 0 Å². The Kier molecular flexibility index (Phi) is 5.27. The molecule has 0 saturated carbocycles. The highest BCUT2D eigenvalue weighted by Crippen LogP contribution is 2.01. The first-order chi connectivity index (χ1) is 5.67. The van der Waals surface area contributed by atoms with Gasteiger partial charge in [0, 0.05) is 5.57 Å². The minimum Gasteiger partial charge on any atom is -0.392 e. The largest absolute Gasteiger partial charge is 0.392 e. The molecule has 0 unspecified atom stereocenters. The molecule has 1 amide bonds. The first-order valence-corrected chi connectivity index (χ1v) is 3.46. The van der Waals surface area contributed by atoms with Gasteiger partial charge in [-0.1, -0.05) is 0 Å². The molecule has 0 heterocycles. The Morgan fingerprint density at radius 2 is 1.75 bits per heavy atom. The van der Waals surface area contributed by atoms with Crippen LogP contribution >= 0.6 is 0 Å². The maximum atomic E-state index is 11.0. The van der Waals surface area contributed by atoms with Crippen molar-refractivity contribution in [3.8, 4) is 0 Å². The van der Waals surface area contributed by atoms with Crippen molar-refractivity contribution in [2.24, 2.45) is 0 Å². The topological polar surface area (TPSA) is 89.8 Å². The molecule has 0 spiro atoms. The van der Waals surface area contributed by atoms with Crippen molar-refractivity contribution in [1.29, 1.82) is 0 Å². The summed E-state index contributed by atoms with van der Waals surface area (Å²) < 4.78 is 0. The van der Waals surface area contributed by atoms with Crippen LogP contribution in [0.1, 0.15) is 6.92 Å². The Labute approximate surface area is 70.3 Å². The summed E-state index contributed by atoms with van der Waals surface area (Å²) in [4.78, 5) is 11.0. The van der Waals surface area contributed by atoms with E-state index in [4.69, 9.17) is 15.3 Å². The van der Waals surface area contributed by atoms with Gasteiger partial charge in [-0.3, -0.25) is 4.79 Å². The number of rotatable bonds is 4. The van der Waals surface area contributed by atoms with Crippen molar-refractivity contribution in [2.45, 2.75) is 6.92 Å². The minimum atomic E-state index is -0.490. The summed E-state index contributed by atoms with van der Waals surface area (Å²) in [6, 6.07) is 0. The number of carbonyl (C=O) groups excluding carboxylic acids is 1. The number of carbonyl (C=O) groups is 1. The van der Waals surface area contributed by atoms with Gasteiger partial charge in [-0.25, -0.2) is 0 Å². The van der Waals surface area contributed by atoms with Crippen molar-refractivity contribution in [3.63, 3.8) is 0 Å². The average Bonchev–Trinajstić information content (AvgIpc) is 2.07. The van der Waals surface area contributed by atoms with Gasteiger partial charge in [-0.15, -0.1) is 0 Å². The summed E-state index contributed by atoms with van der Waals surface area (Å²) in [6.07, 6.45) is 0. The van der Waals surface area contributed by atoms with Gasteiger partial charge in [-0.05, 0) is 12.5 Å². The van der Waals surface area contributed by atoms with E-state index in [0.717, 1.165) is 0 Å². The van der Waals surface area contributed by atoms with Gasteiger partial charge in [0.15, 0.2) is 0 Å². The van der Waals surface area contributed by atoms with Gasteiger partial charge in [0.05, 0.1) is 13.2 Å². The smallest absolute Gasteiger partial charge is 0.248 e. The van der Waals surface area contributed by atoms with Gasteiger partial charge in [0.25, 0.3) is 0 Å². The second kappa shape index (κ2) is 5.70. The zero-order valence-corrected chi connectivity index (χ0v) is 6.87. The fourth-order valence-electron chi connectivity index (χ4n) is 0.652. The first kappa shape index (κ1) is 11.1. The Bertz CT molecular complexity index is 182. The molecule has 0 saturated heterocycles. The van der Waals surface area contributed by atoms with Gasteiger partial charge in [0.2, 0.25) is 5.91 Å². The average molecular weight is 175 g/mol. The third-order valence-electron chi connectivity index (χ3n) is 1.49. The van der Waals surface area contributed by atoms with Crippen LogP contribution in [0.5, 0.6) is 0 Å². The van der Waals surface area contributed by atoms with Crippen LogP contribution < -0.4 is 5.32 Å². The lowest BCUT2D eigenvalue weighted by Crippen LogP contribution is -2.26. The van der Waals surface area contributed by atoms with Crippen LogP contribution in [0.15, 0.2) is 11.1 Å². The molecule has 0 aromatic carbocycles. The summed E-state index contributed by atoms with van der Waals surface area (Å²) in [5.41, 5.74) is 0.481. The molecule has 12 heavy (non-hydrogen) atoms. The van der Waals surface area contributed by atoms with Crippen molar-refractivity contribution < 1.29 is 20.1 Å².